The Morgan fingerprint density at radius 2 is 1.50 bits per heavy atom. The molecule has 2 aromatic carbocycles. The van der Waals surface area contributed by atoms with Crippen LogP contribution in [0.5, 0.6) is 0 Å². The molecule has 0 radical (unpaired) electrons. The fraction of sp³-hybridized carbons (Fsp3) is 0.440. The lowest BCUT2D eigenvalue weighted by molar-refractivity contribution is -0.121. The quantitative estimate of drug-likeness (QED) is 0.536. The molecule has 0 aliphatic carbocycles. The molecule has 0 N–H and O–H groups in total. The van der Waals surface area contributed by atoms with Crippen LogP contribution in [0.3, 0.4) is 0 Å². The van der Waals surface area contributed by atoms with Gasteiger partial charge in [-0.1, -0.05) is 67.2 Å². The van der Waals surface area contributed by atoms with Gasteiger partial charge in [0.05, 0.1) is 0 Å². The number of hydrogen-bond donors (Lipinski definition) is 0. The molecule has 160 valence electrons. The first-order valence-electron chi connectivity index (χ1n) is 10.9. The molecule has 3 rings (SSSR count). The molecule has 1 aliphatic rings. The molecule has 4 nitrogen and oxygen atoms in total. The Balaban J connectivity index is 1.95. The van der Waals surface area contributed by atoms with Crippen LogP contribution in [0.2, 0.25) is 0 Å². The lowest BCUT2D eigenvalue weighted by atomic mass is 10.0. The Hall–Kier alpha value is -2.14. The largest absolute Gasteiger partial charge is 0.334 e. The molecule has 2 aromatic rings. The second kappa shape index (κ2) is 10.8. The Morgan fingerprint density at radius 1 is 0.867 bits per heavy atom. The Labute approximate surface area is 188 Å². The Bertz CT molecular complexity index is 864. The number of carbonyl (C=O) groups is 2. The summed E-state index contributed by atoms with van der Waals surface area (Å²) in [5.74, 6) is 0.118. The van der Waals surface area contributed by atoms with E-state index in [1.54, 1.807) is 0 Å². The average Bonchev–Trinajstić information content (AvgIpc) is 2.74. The highest BCUT2D eigenvalue weighted by atomic mass is 79.9. The number of amides is 2. The molecule has 0 spiro atoms. The first-order valence-corrected chi connectivity index (χ1v) is 11.7. The fourth-order valence-electron chi connectivity index (χ4n) is 3.90. The van der Waals surface area contributed by atoms with Crippen LogP contribution in [0, 0.1) is 5.92 Å². The van der Waals surface area contributed by atoms with Crippen LogP contribution < -0.4 is 4.90 Å². The second-order valence-corrected chi connectivity index (χ2v) is 9.19. The Kier molecular flexibility index (Phi) is 8.08. The van der Waals surface area contributed by atoms with Gasteiger partial charge in [0.25, 0.3) is 5.91 Å². The summed E-state index contributed by atoms with van der Waals surface area (Å²) in [5.41, 5.74) is 2.65. The lowest BCUT2D eigenvalue weighted by Gasteiger charge is -2.30. The second-order valence-electron chi connectivity index (χ2n) is 8.27. The molecular formula is C25H31BrN2O2. The molecule has 5 heteroatoms. The van der Waals surface area contributed by atoms with Crippen LogP contribution in [0.4, 0.5) is 5.69 Å². The maximum absolute atomic E-state index is 13.3. The minimum absolute atomic E-state index is 0.0381. The third-order valence-corrected chi connectivity index (χ3v) is 6.12. The van der Waals surface area contributed by atoms with Crippen LogP contribution in [0.25, 0.3) is 0 Å². The van der Waals surface area contributed by atoms with Crippen molar-refractivity contribution in [2.75, 3.05) is 18.0 Å². The molecule has 0 saturated carbocycles. The smallest absolute Gasteiger partial charge is 0.254 e. The molecular weight excluding hydrogens is 440 g/mol. The van der Waals surface area contributed by atoms with Gasteiger partial charge in [0.1, 0.15) is 0 Å². The molecule has 1 aliphatic heterocycles. The number of halogens is 1. The SMILES string of the molecule is CC(C)C(=O)N1CCCCCCCN(C(=O)c2ccc(Br)cc2)Cc2ccccc21. The normalized spacial score (nSPS) is 15.9. The maximum atomic E-state index is 13.3. The van der Waals surface area contributed by atoms with E-state index in [0.29, 0.717) is 12.1 Å². The van der Waals surface area contributed by atoms with E-state index in [-0.39, 0.29) is 17.7 Å². The van der Waals surface area contributed by atoms with E-state index >= 15 is 0 Å². The van der Waals surface area contributed by atoms with Gasteiger partial charge in [0.2, 0.25) is 5.91 Å². The lowest BCUT2D eigenvalue weighted by Crippen LogP contribution is -2.37. The predicted molar refractivity (Wildman–Crippen MR) is 126 cm³/mol. The summed E-state index contributed by atoms with van der Waals surface area (Å²) in [6.45, 7) is 5.86. The number of carbonyl (C=O) groups excluding carboxylic acids is 2. The first-order chi connectivity index (χ1) is 14.5. The van der Waals surface area contributed by atoms with Crippen molar-refractivity contribution in [1.29, 1.82) is 0 Å². The Morgan fingerprint density at radius 3 is 2.20 bits per heavy atom. The molecule has 0 bridgehead atoms. The summed E-state index contributed by atoms with van der Waals surface area (Å²) in [6, 6.07) is 15.6. The van der Waals surface area contributed by atoms with E-state index < -0.39 is 0 Å². The number of anilines is 1. The summed E-state index contributed by atoms with van der Waals surface area (Å²) < 4.78 is 0.959. The summed E-state index contributed by atoms with van der Waals surface area (Å²) in [5, 5.41) is 0. The zero-order valence-corrected chi connectivity index (χ0v) is 19.5. The van der Waals surface area contributed by atoms with Crippen molar-refractivity contribution in [3.05, 3.63) is 64.1 Å². The van der Waals surface area contributed by atoms with Gasteiger partial charge in [-0.25, -0.2) is 0 Å². The molecule has 1 heterocycles. The molecule has 2 amide bonds. The molecule has 0 atom stereocenters. The highest BCUT2D eigenvalue weighted by Crippen LogP contribution is 2.26. The van der Waals surface area contributed by atoms with Gasteiger partial charge in [0, 0.05) is 41.3 Å². The van der Waals surface area contributed by atoms with Crippen molar-refractivity contribution in [2.45, 2.75) is 52.5 Å². The van der Waals surface area contributed by atoms with Gasteiger partial charge in [-0.2, -0.15) is 0 Å². The zero-order chi connectivity index (χ0) is 21.5. The van der Waals surface area contributed by atoms with Crippen molar-refractivity contribution in [3.63, 3.8) is 0 Å². The van der Waals surface area contributed by atoms with Crippen LogP contribution >= 0.6 is 15.9 Å². The fourth-order valence-corrected chi connectivity index (χ4v) is 4.17. The molecule has 0 fully saturated rings. The van der Waals surface area contributed by atoms with Gasteiger partial charge >= 0.3 is 0 Å². The summed E-state index contributed by atoms with van der Waals surface area (Å²) in [4.78, 5) is 30.1. The van der Waals surface area contributed by atoms with Gasteiger partial charge < -0.3 is 9.80 Å². The standard InChI is InChI=1S/C25H31BrN2O2/c1-19(2)24(29)28-17-9-5-3-4-8-16-27(18-21-10-6-7-11-23(21)28)25(30)20-12-14-22(26)15-13-20/h6-7,10-15,19H,3-5,8-9,16-18H2,1-2H3. The van der Waals surface area contributed by atoms with Crippen molar-refractivity contribution < 1.29 is 9.59 Å². The third-order valence-electron chi connectivity index (χ3n) is 5.59. The van der Waals surface area contributed by atoms with Crippen molar-refractivity contribution in [3.8, 4) is 0 Å². The van der Waals surface area contributed by atoms with Crippen LogP contribution in [0.15, 0.2) is 53.0 Å². The minimum Gasteiger partial charge on any atom is -0.334 e. The van der Waals surface area contributed by atoms with E-state index in [9.17, 15) is 9.59 Å². The van der Waals surface area contributed by atoms with Crippen LogP contribution in [0.1, 0.15) is 61.9 Å². The van der Waals surface area contributed by atoms with E-state index in [4.69, 9.17) is 0 Å². The van der Waals surface area contributed by atoms with Crippen molar-refractivity contribution in [2.24, 2.45) is 5.92 Å². The zero-order valence-electron chi connectivity index (χ0n) is 17.9. The number of nitrogens with zero attached hydrogens (tertiary/aromatic N) is 2. The monoisotopic (exact) mass is 470 g/mol. The van der Waals surface area contributed by atoms with Crippen LogP contribution in [-0.4, -0.2) is 29.8 Å². The number of fused-ring (bicyclic) bond motifs is 1. The van der Waals surface area contributed by atoms with Gasteiger partial charge in [-0.05, 0) is 48.7 Å². The van der Waals surface area contributed by atoms with Crippen molar-refractivity contribution in [1.82, 2.24) is 4.90 Å². The van der Waals surface area contributed by atoms with Gasteiger partial charge in [-0.3, -0.25) is 9.59 Å². The predicted octanol–water partition coefficient (Wildman–Crippen LogP) is 6.04. The first kappa shape index (κ1) is 22.5. The van der Waals surface area contributed by atoms with Gasteiger partial charge in [-0.15, -0.1) is 0 Å². The molecule has 0 saturated heterocycles. The van der Waals surface area contributed by atoms with Crippen LogP contribution in [-0.2, 0) is 11.3 Å². The minimum atomic E-state index is -0.0635. The molecule has 0 unspecified atom stereocenters. The number of hydrogen-bond acceptors (Lipinski definition) is 2. The summed E-state index contributed by atoms with van der Waals surface area (Å²) in [7, 11) is 0. The van der Waals surface area contributed by atoms with Crippen molar-refractivity contribution >= 4 is 33.4 Å². The number of benzene rings is 2. The third kappa shape index (κ3) is 5.72. The van der Waals surface area contributed by atoms with Gasteiger partial charge in [0.15, 0.2) is 0 Å². The number of para-hydroxylation sites is 1. The number of rotatable bonds is 2. The molecule has 30 heavy (non-hydrogen) atoms. The molecule has 0 aromatic heterocycles. The highest BCUT2D eigenvalue weighted by molar-refractivity contribution is 9.10. The van der Waals surface area contributed by atoms with E-state index in [1.165, 1.54) is 0 Å². The highest BCUT2D eigenvalue weighted by Gasteiger charge is 2.23. The average molecular weight is 471 g/mol. The topological polar surface area (TPSA) is 40.6 Å². The van der Waals surface area contributed by atoms with E-state index in [1.807, 2.05) is 72.2 Å². The maximum Gasteiger partial charge on any atom is 0.254 e. The summed E-state index contributed by atoms with van der Waals surface area (Å²) >= 11 is 3.44. The summed E-state index contributed by atoms with van der Waals surface area (Å²) in [6.07, 6.45) is 5.34. The van der Waals surface area contributed by atoms with E-state index in [0.717, 1.165) is 60.9 Å². The van der Waals surface area contributed by atoms with E-state index in [2.05, 4.69) is 15.9 Å².